The minimum Gasteiger partial charge on any atom is -0.493 e. The summed E-state index contributed by atoms with van der Waals surface area (Å²) in [5, 5.41) is 0.103. The first kappa shape index (κ1) is 23.9. The van der Waals surface area contributed by atoms with Gasteiger partial charge in [0.05, 0.1) is 19.8 Å². The van der Waals surface area contributed by atoms with E-state index in [1.807, 2.05) is 19.9 Å². The fraction of sp³-hybridized carbons (Fsp3) is 0.269. The van der Waals surface area contributed by atoms with Crippen LogP contribution in [-0.4, -0.2) is 31.8 Å². The molecular formula is C26H24O9. The lowest BCUT2D eigenvalue weighted by Gasteiger charge is -2.28. The number of esters is 2. The highest BCUT2D eigenvalue weighted by molar-refractivity contribution is 5.94. The molecule has 182 valence electrons. The van der Waals surface area contributed by atoms with Crippen molar-refractivity contribution in [2.45, 2.75) is 33.3 Å². The maximum Gasteiger partial charge on any atom is 0.308 e. The van der Waals surface area contributed by atoms with Gasteiger partial charge in [0.1, 0.15) is 28.1 Å². The Hall–Kier alpha value is -4.27. The van der Waals surface area contributed by atoms with Crippen LogP contribution in [0.2, 0.25) is 0 Å². The third-order valence-corrected chi connectivity index (χ3v) is 5.24. The van der Waals surface area contributed by atoms with Crippen molar-refractivity contribution < 1.29 is 37.7 Å². The van der Waals surface area contributed by atoms with E-state index in [1.54, 1.807) is 24.3 Å². The Bertz CT molecular complexity index is 1420. The van der Waals surface area contributed by atoms with Crippen molar-refractivity contribution in [3.63, 3.8) is 0 Å². The summed E-state index contributed by atoms with van der Waals surface area (Å²) in [5.74, 6) is 0.0376. The molecule has 2 aromatic carbocycles. The SMILES string of the molecule is COc1cc(-c2cc(=O)c3c(OC(C)=O)c4c(cc3o2)OC(C)(C)C=C4)cc(OC)c1OC(C)=O. The Morgan fingerprint density at radius 1 is 0.886 bits per heavy atom. The molecular weight excluding hydrogens is 456 g/mol. The summed E-state index contributed by atoms with van der Waals surface area (Å²) in [5.41, 5.74) is 0.0260. The van der Waals surface area contributed by atoms with Gasteiger partial charge in [-0.25, -0.2) is 0 Å². The molecule has 0 saturated heterocycles. The summed E-state index contributed by atoms with van der Waals surface area (Å²) in [6.07, 6.45) is 3.57. The molecule has 0 amide bonds. The Balaban J connectivity index is 1.97. The molecule has 9 nitrogen and oxygen atoms in total. The van der Waals surface area contributed by atoms with Gasteiger partial charge < -0.3 is 28.1 Å². The fourth-order valence-electron chi connectivity index (χ4n) is 3.78. The summed E-state index contributed by atoms with van der Waals surface area (Å²) in [7, 11) is 2.82. The average molecular weight is 480 g/mol. The summed E-state index contributed by atoms with van der Waals surface area (Å²) < 4.78 is 33.5. The normalized spacial score (nSPS) is 13.5. The van der Waals surface area contributed by atoms with Gasteiger partial charge in [-0.3, -0.25) is 14.4 Å². The van der Waals surface area contributed by atoms with E-state index in [9.17, 15) is 14.4 Å². The van der Waals surface area contributed by atoms with Crippen LogP contribution in [0.25, 0.3) is 28.4 Å². The molecule has 0 atom stereocenters. The van der Waals surface area contributed by atoms with E-state index >= 15 is 0 Å². The van der Waals surface area contributed by atoms with Crippen molar-refractivity contribution in [3.8, 4) is 40.1 Å². The Kier molecular flexibility index (Phi) is 6.02. The summed E-state index contributed by atoms with van der Waals surface area (Å²) in [6.45, 7) is 6.26. The van der Waals surface area contributed by atoms with Gasteiger partial charge in [-0.2, -0.15) is 0 Å². The van der Waals surface area contributed by atoms with Crippen molar-refractivity contribution in [1.82, 2.24) is 0 Å². The van der Waals surface area contributed by atoms with E-state index in [1.165, 1.54) is 34.1 Å². The number of carbonyl (C=O) groups excluding carboxylic acids is 2. The minimum absolute atomic E-state index is 0.0671. The lowest BCUT2D eigenvalue weighted by molar-refractivity contribution is -0.132. The monoisotopic (exact) mass is 480 g/mol. The molecule has 0 radical (unpaired) electrons. The summed E-state index contributed by atoms with van der Waals surface area (Å²) >= 11 is 0. The molecule has 2 heterocycles. The molecule has 1 aliphatic heterocycles. The number of hydrogen-bond donors (Lipinski definition) is 0. The van der Waals surface area contributed by atoms with Gasteiger partial charge in [0.2, 0.25) is 5.75 Å². The maximum absolute atomic E-state index is 13.3. The standard InChI is InChI=1S/C26H24O9/c1-13(27)32-24-16-7-8-26(3,4)35-19(16)12-20-23(24)17(29)11-18(34-20)15-9-21(30-5)25(33-14(2)28)22(10-15)31-6/h7-12H,1-6H3. The molecule has 3 aromatic rings. The van der Waals surface area contributed by atoms with E-state index in [-0.39, 0.29) is 39.7 Å². The number of carbonyl (C=O) groups is 2. The predicted molar refractivity (Wildman–Crippen MR) is 127 cm³/mol. The van der Waals surface area contributed by atoms with Crippen LogP contribution in [0.4, 0.5) is 0 Å². The number of methoxy groups -OCH3 is 2. The van der Waals surface area contributed by atoms with Crippen molar-refractivity contribution in [2.75, 3.05) is 14.2 Å². The molecule has 1 aliphatic rings. The average Bonchev–Trinajstić information content (AvgIpc) is 2.77. The lowest BCUT2D eigenvalue weighted by Crippen LogP contribution is -2.28. The highest BCUT2D eigenvalue weighted by Crippen LogP contribution is 2.44. The van der Waals surface area contributed by atoms with Crippen LogP contribution in [-0.2, 0) is 9.59 Å². The summed E-state index contributed by atoms with van der Waals surface area (Å²) in [4.78, 5) is 36.6. The Morgan fingerprint density at radius 3 is 2.06 bits per heavy atom. The van der Waals surface area contributed by atoms with Crippen LogP contribution in [0.15, 0.2) is 39.6 Å². The van der Waals surface area contributed by atoms with E-state index in [0.717, 1.165) is 0 Å². The third-order valence-electron chi connectivity index (χ3n) is 5.24. The zero-order valence-electron chi connectivity index (χ0n) is 20.1. The topological polar surface area (TPSA) is 111 Å². The molecule has 0 N–H and O–H groups in total. The minimum atomic E-state index is -0.612. The third kappa shape index (κ3) is 4.57. The second-order valence-corrected chi connectivity index (χ2v) is 8.40. The predicted octanol–water partition coefficient (Wildman–Crippen LogP) is 4.51. The van der Waals surface area contributed by atoms with E-state index in [0.29, 0.717) is 16.9 Å². The summed E-state index contributed by atoms with van der Waals surface area (Å²) in [6, 6.07) is 5.98. The molecule has 0 saturated carbocycles. The van der Waals surface area contributed by atoms with Crippen LogP contribution < -0.4 is 29.1 Å². The molecule has 0 unspecified atom stereocenters. The van der Waals surface area contributed by atoms with Crippen LogP contribution in [0.1, 0.15) is 33.3 Å². The molecule has 1 aromatic heterocycles. The van der Waals surface area contributed by atoms with E-state index < -0.39 is 23.0 Å². The van der Waals surface area contributed by atoms with Gasteiger partial charge in [-0.1, -0.05) is 0 Å². The smallest absolute Gasteiger partial charge is 0.308 e. The second kappa shape index (κ2) is 8.83. The first-order valence-corrected chi connectivity index (χ1v) is 10.7. The first-order chi connectivity index (χ1) is 16.5. The number of benzene rings is 2. The Labute approximate surface area is 200 Å². The highest BCUT2D eigenvalue weighted by atomic mass is 16.6. The zero-order chi connectivity index (χ0) is 25.5. The van der Waals surface area contributed by atoms with Gasteiger partial charge in [0.15, 0.2) is 22.7 Å². The van der Waals surface area contributed by atoms with Crippen molar-refractivity contribution >= 4 is 29.0 Å². The number of hydrogen-bond acceptors (Lipinski definition) is 9. The fourth-order valence-corrected chi connectivity index (χ4v) is 3.78. The van der Waals surface area contributed by atoms with Crippen LogP contribution in [0, 0.1) is 0 Å². The van der Waals surface area contributed by atoms with Crippen molar-refractivity contribution in [2.24, 2.45) is 0 Å². The molecule has 9 heteroatoms. The molecule has 0 aliphatic carbocycles. The highest BCUT2D eigenvalue weighted by Gasteiger charge is 2.28. The van der Waals surface area contributed by atoms with Gasteiger partial charge in [-0.05, 0) is 38.1 Å². The molecule has 35 heavy (non-hydrogen) atoms. The quantitative estimate of drug-likeness (QED) is 0.385. The van der Waals surface area contributed by atoms with Gasteiger partial charge in [0.25, 0.3) is 0 Å². The van der Waals surface area contributed by atoms with Crippen molar-refractivity contribution in [1.29, 1.82) is 0 Å². The van der Waals surface area contributed by atoms with Crippen LogP contribution in [0.3, 0.4) is 0 Å². The van der Waals surface area contributed by atoms with Gasteiger partial charge in [0, 0.05) is 31.5 Å². The molecule has 0 spiro atoms. The van der Waals surface area contributed by atoms with Crippen LogP contribution in [0.5, 0.6) is 28.7 Å². The van der Waals surface area contributed by atoms with Crippen molar-refractivity contribution in [3.05, 3.63) is 46.1 Å². The van der Waals surface area contributed by atoms with Gasteiger partial charge in [-0.15, -0.1) is 0 Å². The maximum atomic E-state index is 13.3. The largest absolute Gasteiger partial charge is 0.493 e. The van der Waals surface area contributed by atoms with E-state index in [2.05, 4.69) is 0 Å². The Morgan fingerprint density at radius 2 is 1.49 bits per heavy atom. The number of rotatable bonds is 5. The van der Waals surface area contributed by atoms with E-state index in [4.69, 9.17) is 28.1 Å². The number of fused-ring (bicyclic) bond motifs is 2. The second-order valence-electron chi connectivity index (χ2n) is 8.40. The zero-order valence-corrected chi connectivity index (χ0v) is 20.1. The van der Waals surface area contributed by atoms with Crippen LogP contribution >= 0.6 is 0 Å². The first-order valence-electron chi connectivity index (χ1n) is 10.7. The molecule has 0 fully saturated rings. The van der Waals surface area contributed by atoms with Gasteiger partial charge >= 0.3 is 11.9 Å². The number of ether oxygens (including phenoxy) is 5. The lowest BCUT2D eigenvalue weighted by atomic mass is 9.99. The molecule has 4 rings (SSSR count). The molecule has 0 bridgehead atoms.